The van der Waals surface area contributed by atoms with Crippen LogP contribution in [0, 0.1) is 34.5 Å². The van der Waals surface area contributed by atoms with Crippen molar-refractivity contribution in [3.63, 3.8) is 0 Å². The van der Waals surface area contributed by atoms with Gasteiger partial charge >= 0.3 is 5.97 Å². The molecular weight excluding hydrogens is 387 g/mol. The first-order valence-corrected chi connectivity index (χ1v) is 10.9. The molecule has 0 aromatic heterocycles. The van der Waals surface area contributed by atoms with Crippen molar-refractivity contribution >= 4 is 17.5 Å². The number of Topliss-reactive ketones (excluding diaryl/α,β-unsaturated/α-hetero) is 1. The minimum Gasteiger partial charge on any atom is -0.458 e. The van der Waals surface area contributed by atoms with E-state index in [9.17, 15) is 19.5 Å². The molecular formula is C24H31FO5. The quantitative estimate of drug-likeness (QED) is 0.711. The number of hydrogen-bond acceptors (Lipinski definition) is 5. The number of ether oxygens (including phenoxy) is 1. The van der Waals surface area contributed by atoms with Crippen LogP contribution in [0.2, 0.25) is 0 Å². The van der Waals surface area contributed by atoms with Gasteiger partial charge in [-0.25, -0.2) is 4.39 Å². The zero-order chi connectivity index (χ0) is 22.1. The van der Waals surface area contributed by atoms with Gasteiger partial charge < -0.3 is 9.84 Å². The Morgan fingerprint density at radius 3 is 2.67 bits per heavy atom. The van der Waals surface area contributed by atoms with Gasteiger partial charge in [0.2, 0.25) is 0 Å². The molecule has 0 aromatic rings. The van der Waals surface area contributed by atoms with Gasteiger partial charge in [0, 0.05) is 24.2 Å². The second-order valence-corrected chi connectivity index (χ2v) is 10.3. The van der Waals surface area contributed by atoms with Crippen LogP contribution in [0.1, 0.15) is 53.4 Å². The van der Waals surface area contributed by atoms with Crippen LogP contribution in [0.5, 0.6) is 0 Å². The van der Waals surface area contributed by atoms with Crippen LogP contribution < -0.4 is 0 Å². The van der Waals surface area contributed by atoms with Gasteiger partial charge in [-0.3, -0.25) is 14.4 Å². The Morgan fingerprint density at radius 1 is 1.30 bits per heavy atom. The average molecular weight is 419 g/mol. The van der Waals surface area contributed by atoms with Gasteiger partial charge in [0.05, 0.1) is 6.10 Å². The molecule has 30 heavy (non-hydrogen) atoms. The minimum atomic E-state index is -1.88. The molecule has 0 saturated heterocycles. The summed E-state index contributed by atoms with van der Waals surface area (Å²) in [7, 11) is 0. The smallest absolute Gasteiger partial charge is 0.303 e. The van der Waals surface area contributed by atoms with Gasteiger partial charge in [-0.15, -0.1) is 0 Å². The molecule has 6 heteroatoms. The Kier molecular flexibility index (Phi) is 4.88. The maximum atomic E-state index is 17.0. The fourth-order valence-electron chi connectivity index (χ4n) is 7.53. The number of fused-ring (bicyclic) bond motifs is 5. The fraction of sp³-hybridized carbons (Fsp3) is 0.708. The molecule has 0 aromatic carbocycles. The molecule has 0 amide bonds. The van der Waals surface area contributed by atoms with Crippen LogP contribution in [0.15, 0.2) is 23.8 Å². The number of alkyl halides is 1. The van der Waals surface area contributed by atoms with Crippen LogP contribution in [0.25, 0.3) is 0 Å². The van der Waals surface area contributed by atoms with Crippen LogP contribution in [-0.4, -0.2) is 41.0 Å². The zero-order valence-corrected chi connectivity index (χ0v) is 18.1. The molecule has 8 atom stereocenters. The highest BCUT2D eigenvalue weighted by Crippen LogP contribution is 2.69. The van der Waals surface area contributed by atoms with E-state index < -0.39 is 34.5 Å². The summed E-state index contributed by atoms with van der Waals surface area (Å²) < 4.78 is 21.9. The molecule has 3 fully saturated rings. The van der Waals surface area contributed by atoms with E-state index in [0.717, 1.165) is 5.57 Å². The number of carbonyl (C=O) groups excluding carboxylic acids is 3. The van der Waals surface area contributed by atoms with Gasteiger partial charge in [-0.05, 0) is 62.0 Å². The molecule has 164 valence electrons. The normalized spacial score (nSPS) is 47.1. The Morgan fingerprint density at radius 2 is 2.00 bits per heavy atom. The number of aliphatic hydroxyl groups is 1. The SMILES string of the molecule is CC(=O)OCC(=O)C1[C@@H](C)C[C@H]2[C@@H]3CCC4=CC(=O)C=C[C@]4(C)C3(F)[C@@H](O)C[C@]12C. The molecule has 5 nitrogen and oxygen atoms in total. The Balaban J connectivity index is 1.71. The van der Waals surface area contributed by atoms with Crippen molar-refractivity contribution in [3.05, 3.63) is 23.8 Å². The van der Waals surface area contributed by atoms with Crippen LogP contribution in [0.4, 0.5) is 4.39 Å². The van der Waals surface area contributed by atoms with Gasteiger partial charge in [0.15, 0.2) is 17.2 Å². The molecule has 0 aliphatic heterocycles. The summed E-state index contributed by atoms with van der Waals surface area (Å²) in [4.78, 5) is 36.1. The van der Waals surface area contributed by atoms with Crippen LogP contribution in [0.3, 0.4) is 0 Å². The predicted molar refractivity (Wildman–Crippen MR) is 108 cm³/mol. The van der Waals surface area contributed by atoms with Gasteiger partial charge in [-0.2, -0.15) is 0 Å². The summed E-state index contributed by atoms with van der Waals surface area (Å²) in [5.74, 6) is -1.60. The zero-order valence-electron chi connectivity index (χ0n) is 18.1. The van der Waals surface area contributed by atoms with E-state index in [4.69, 9.17) is 4.74 Å². The monoisotopic (exact) mass is 418 g/mol. The minimum absolute atomic E-state index is 0.0193. The third-order valence-electron chi connectivity index (χ3n) is 8.75. The molecule has 0 spiro atoms. The molecule has 4 rings (SSSR count). The molecule has 2 unspecified atom stereocenters. The summed E-state index contributed by atoms with van der Waals surface area (Å²) in [5, 5.41) is 11.2. The van der Waals surface area contributed by atoms with Crippen LogP contribution in [-0.2, 0) is 19.1 Å². The maximum Gasteiger partial charge on any atom is 0.303 e. The fourth-order valence-corrected chi connectivity index (χ4v) is 7.53. The van der Waals surface area contributed by atoms with E-state index in [1.807, 2.05) is 13.8 Å². The third-order valence-corrected chi connectivity index (χ3v) is 8.75. The van der Waals surface area contributed by atoms with Crippen molar-refractivity contribution in [2.24, 2.45) is 34.5 Å². The summed E-state index contributed by atoms with van der Waals surface area (Å²) >= 11 is 0. The van der Waals surface area contributed by atoms with Crippen molar-refractivity contribution < 1.29 is 28.6 Å². The molecule has 4 aliphatic rings. The van der Waals surface area contributed by atoms with E-state index in [1.165, 1.54) is 19.1 Å². The molecule has 0 heterocycles. The van der Waals surface area contributed by atoms with Crippen molar-refractivity contribution in [1.82, 2.24) is 0 Å². The van der Waals surface area contributed by atoms with Crippen molar-refractivity contribution in [2.45, 2.75) is 65.2 Å². The molecule has 3 saturated carbocycles. The molecule has 1 N–H and O–H groups in total. The first-order chi connectivity index (χ1) is 13.9. The Bertz CT molecular complexity index is 862. The standard InChI is InChI=1S/C24H31FO5/c1-13-9-18-17-6-5-15-10-16(27)7-8-23(15,4)24(17,25)20(29)11-22(18,3)21(13)19(28)12-30-14(2)26/h7-8,10,13,17-18,20-21,29H,5-6,9,11-12H2,1-4H3/t13-,17-,18-,20-,21?,22-,23-,24?/m0/s1. The number of ketones is 2. The lowest BCUT2D eigenvalue weighted by Gasteiger charge is -2.61. The predicted octanol–water partition coefficient (Wildman–Crippen LogP) is 3.35. The van der Waals surface area contributed by atoms with Crippen molar-refractivity contribution in [3.8, 4) is 0 Å². The highest BCUT2D eigenvalue weighted by Gasteiger charge is 2.71. The number of esters is 1. The van der Waals surface area contributed by atoms with Crippen molar-refractivity contribution in [1.29, 1.82) is 0 Å². The second kappa shape index (κ2) is 6.84. The molecule has 4 aliphatic carbocycles. The van der Waals surface area contributed by atoms with Crippen molar-refractivity contribution in [2.75, 3.05) is 6.61 Å². The lowest BCUT2D eigenvalue weighted by atomic mass is 9.45. The average Bonchev–Trinajstić information content (AvgIpc) is 2.91. The Hall–Kier alpha value is -1.82. The third kappa shape index (κ3) is 2.72. The topological polar surface area (TPSA) is 80.7 Å². The van der Waals surface area contributed by atoms with Gasteiger partial charge in [-0.1, -0.05) is 25.5 Å². The van der Waals surface area contributed by atoms with E-state index in [2.05, 4.69) is 0 Å². The van der Waals surface area contributed by atoms with Gasteiger partial charge in [0.25, 0.3) is 0 Å². The second-order valence-electron chi connectivity index (χ2n) is 10.3. The number of allylic oxidation sites excluding steroid dienone is 4. The summed E-state index contributed by atoms with van der Waals surface area (Å²) in [6.07, 6.45) is 5.38. The summed E-state index contributed by atoms with van der Waals surface area (Å²) in [6, 6.07) is 0. The molecule has 0 bridgehead atoms. The summed E-state index contributed by atoms with van der Waals surface area (Å²) in [5.41, 5.74) is -2.70. The lowest BCUT2D eigenvalue weighted by molar-refractivity contribution is -0.196. The maximum absolute atomic E-state index is 17.0. The number of aliphatic hydroxyl groups excluding tert-OH is 1. The van der Waals surface area contributed by atoms with E-state index in [0.29, 0.717) is 19.3 Å². The van der Waals surface area contributed by atoms with Gasteiger partial charge in [0.1, 0.15) is 6.61 Å². The number of rotatable bonds is 3. The number of carbonyl (C=O) groups is 3. The lowest BCUT2D eigenvalue weighted by Crippen LogP contribution is -2.66. The number of halogens is 1. The van der Waals surface area contributed by atoms with Crippen LogP contribution >= 0.6 is 0 Å². The first kappa shape index (κ1) is 21.4. The van der Waals surface area contributed by atoms with E-state index in [-0.39, 0.29) is 42.3 Å². The molecule has 0 radical (unpaired) electrons. The largest absolute Gasteiger partial charge is 0.458 e. The highest BCUT2D eigenvalue weighted by molar-refractivity contribution is 6.01. The Labute approximate surface area is 176 Å². The van der Waals surface area contributed by atoms with E-state index in [1.54, 1.807) is 13.0 Å². The number of hydrogen-bond donors (Lipinski definition) is 1. The summed E-state index contributed by atoms with van der Waals surface area (Å²) in [6.45, 7) is 6.79. The first-order valence-electron chi connectivity index (χ1n) is 10.9. The van der Waals surface area contributed by atoms with E-state index >= 15 is 4.39 Å². The highest BCUT2D eigenvalue weighted by atomic mass is 19.1.